The fourth-order valence-electron chi connectivity index (χ4n) is 3.22. The van der Waals surface area contributed by atoms with Crippen molar-refractivity contribution in [2.45, 2.75) is 46.7 Å². The van der Waals surface area contributed by atoms with E-state index >= 15 is 0 Å². The molecule has 0 aliphatic rings. The second kappa shape index (κ2) is 11.4. The number of hydrogen-bond donors (Lipinski definition) is 1. The number of nitrogens with zero attached hydrogens (tertiary/aromatic N) is 3. The molecule has 1 aromatic carbocycles. The van der Waals surface area contributed by atoms with Gasteiger partial charge in [0.2, 0.25) is 5.91 Å². The molecule has 6 nitrogen and oxygen atoms in total. The zero-order valence-electron chi connectivity index (χ0n) is 18.9. The minimum absolute atomic E-state index is 0.0107. The topological polar surface area (TPSA) is 57.6 Å². The molecule has 8 heteroatoms. The normalized spacial score (nSPS) is 12.0. The van der Waals surface area contributed by atoms with Crippen LogP contribution in [0, 0.1) is 5.92 Å². The van der Waals surface area contributed by atoms with Crippen LogP contribution in [0.5, 0.6) is 0 Å². The number of rotatable bonds is 9. The van der Waals surface area contributed by atoms with E-state index in [1.54, 1.807) is 23.1 Å². The molecule has 0 aliphatic carbocycles. The highest BCUT2D eigenvalue weighted by Crippen LogP contribution is 2.26. The molecule has 1 atom stereocenters. The maximum Gasteiger partial charge on any atom is 0.322 e. The number of carbonyl (C=O) groups is 2. The molecule has 0 spiro atoms. The number of halogens is 2. The first-order chi connectivity index (χ1) is 14.6. The molecule has 1 aromatic heterocycles. The van der Waals surface area contributed by atoms with Gasteiger partial charge in [-0.15, -0.1) is 0 Å². The summed E-state index contributed by atoms with van der Waals surface area (Å²) in [6.07, 6.45) is 2.68. The first kappa shape index (κ1) is 25.1. The first-order valence-electron chi connectivity index (χ1n) is 10.5. The number of urea groups is 1. The van der Waals surface area contributed by atoms with E-state index in [-0.39, 0.29) is 24.5 Å². The molecule has 0 radical (unpaired) electrons. The molecule has 2 aromatic rings. The summed E-state index contributed by atoms with van der Waals surface area (Å²) in [6, 6.07) is 8.36. The van der Waals surface area contributed by atoms with E-state index in [9.17, 15) is 9.59 Å². The zero-order valence-corrected chi connectivity index (χ0v) is 20.4. The summed E-state index contributed by atoms with van der Waals surface area (Å²) in [5.74, 6) is 0.218. The predicted molar refractivity (Wildman–Crippen MR) is 128 cm³/mol. The third kappa shape index (κ3) is 7.18. The summed E-state index contributed by atoms with van der Waals surface area (Å²) < 4.78 is 2.00. The van der Waals surface area contributed by atoms with Crippen LogP contribution in [0.15, 0.2) is 36.5 Å². The molecule has 0 aliphatic heterocycles. The van der Waals surface area contributed by atoms with Crippen molar-refractivity contribution in [2.24, 2.45) is 13.0 Å². The van der Waals surface area contributed by atoms with E-state index in [0.29, 0.717) is 34.7 Å². The number of aryl methyl sites for hydroxylation is 1. The number of carbonyl (C=O) groups excluding carboxylic acids is 2. The monoisotopic (exact) mass is 466 g/mol. The minimum atomic E-state index is -0.365. The molecular weight excluding hydrogens is 435 g/mol. The third-order valence-corrected chi connectivity index (χ3v) is 5.75. The molecule has 1 heterocycles. The van der Waals surface area contributed by atoms with Gasteiger partial charge in [0.1, 0.15) is 6.54 Å². The van der Waals surface area contributed by atoms with Crippen molar-refractivity contribution in [3.05, 3.63) is 52.3 Å². The van der Waals surface area contributed by atoms with Crippen LogP contribution in [0.25, 0.3) is 0 Å². The van der Waals surface area contributed by atoms with Crippen LogP contribution in [0.1, 0.15) is 39.8 Å². The lowest BCUT2D eigenvalue weighted by Crippen LogP contribution is -2.48. The van der Waals surface area contributed by atoms with Crippen LogP contribution in [-0.2, 0) is 18.4 Å². The van der Waals surface area contributed by atoms with E-state index in [2.05, 4.69) is 19.2 Å². The summed E-state index contributed by atoms with van der Waals surface area (Å²) in [5.41, 5.74) is 1.50. The largest absolute Gasteiger partial charge is 0.353 e. The Bertz CT molecular complexity index is 897. The van der Waals surface area contributed by atoms with Gasteiger partial charge in [-0.05, 0) is 49.6 Å². The van der Waals surface area contributed by atoms with E-state index in [1.807, 2.05) is 48.7 Å². The Labute approximate surface area is 195 Å². The van der Waals surface area contributed by atoms with Gasteiger partial charge < -0.3 is 19.7 Å². The molecule has 0 fully saturated rings. The summed E-state index contributed by atoms with van der Waals surface area (Å²) in [5, 5.41) is 3.65. The Morgan fingerprint density at radius 2 is 1.87 bits per heavy atom. The maximum absolute atomic E-state index is 13.3. The second-order valence-electron chi connectivity index (χ2n) is 8.22. The SMILES string of the molecule is CCC(C)N(CC(=O)N(Cc1cccn1C)CC(C)C)C(=O)Nc1ccc(Cl)cc1Cl. The van der Waals surface area contributed by atoms with E-state index < -0.39 is 0 Å². The number of amides is 3. The van der Waals surface area contributed by atoms with Crippen molar-refractivity contribution in [3.63, 3.8) is 0 Å². The van der Waals surface area contributed by atoms with Crippen LogP contribution >= 0.6 is 23.2 Å². The summed E-state index contributed by atoms with van der Waals surface area (Å²) >= 11 is 12.1. The highest BCUT2D eigenvalue weighted by atomic mass is 35.5. The van der Waals surface area contributed by atoms with Crippen molar-refractivity contribution in [3.8, 4) is 0 Å². The number of nitrogens with one attached hydrogen (secondary N) is 1. The molecular formula is C23H32Cl2N4O2. The second-order valence-corrected chi connectivity index (χ2v) is 9.06. The van der Waals surface area contributed by atoms with Crippen molar-refractivity contribution >= 4 is 40.8 Å². The average molecular weight is 467 g/mol. The standard InChI is InChI=1S/C23H32Cl2N4O2/c1-6-17(4)29(23(31)26-21-10-9-18(24)12-20(21)25)15-22(30)28(13-16(2)3)14-19-8-7-11-27(19)5/h7-12,16-17H,6,13-15H2,1-5H3,(H,26,31). The van der Waals surface area contributed by atoms with Crippen LogP contribution < -0.4 is 5.32 Å². The molecule has 2 rings (SSSR count). The molecule has 3 amide bonds. The Kier molecular flexibility index (Phi) is 9.26. The number of aromatic nitrogens is 1. The van der Waals surface area contributed by atoms with Crippen molar-refractivity contribution in [2.75, 3.05) is 18.4 Å². The minimum Gasteiger partial charge on any atom is -0.353 e. The molecule has 170 valence electrons. The lowest BCUT2D eigenvalue weighted by Gasteiger charge is -2.32. The van der Waals surface area contributed by atoms with Crippen molar-refractivity contribution in [1.29, 1.82) is 0 Å². The Hall–Kier alpha value is -2.18. The van der Waals surface area contributed by atoms with E-state index in [0.717, 1.165) is 12.1 Å². The Balaban J connectivity index is 2.18. The van der Waals surface area contributed by atoms with Crippen LogP contribution in [0.2, 0.25) is 10.0 Å². The smallest absolute Gasteiger partial charge is 0.322 e. The third-order valence-electron chi connectivity index (χ3n) is 5.20. The molecule has 1 N–H and O–H groups in total. The van der Waals surface area contributed by atoms with Gasteiger partial charge in [-0.3, -0.25) is 4.79 Å². The van der Waals surface area contributed by atoms with Crippen molar-refractivity contribution in [1.82, 2.24) is 14.4 Å². The maximum atomic E-state index is 13.3. The van der Waals surface area contributed by atoms with Gasteiger partial charge in [-0.2, -0.15) is 0 Å². The van der Waals surface area contributed by atoms with Gasteiger partial charge in [0, 0.05) is 36.5 Å². The van der Waals surface area contributed by atoms with Crippen LogP contribution in [0.4, 0.5) is 10.5 Å². The molecule has 31 heavy (non-hydrogen) atoms. The quantitative estimate of drug-likeness (QED) is 0.518. The Morgan fingerprint density at radius 3 is 2.42 bits per heavy atom. The number of anilines is 1. The van der Waals surface area contributed by atoms with E-state index in [4.69, 9.17) is 23.2 Å². The highest BCUT2D eigenvalue weighted by molar-refractivity contribution is 6.36. The molecule has 0 saturated heterocycles. The average Bonchev–Trinajstić information content (AvgIpc) is 3.11. The van der Waals surface area contributed by atoms with E-state index in [1.165, 1.54) is 0 Å². The van der Waals surface area contributed by atoms with Gasteiger partial charge in [0.15, 0.2) is 0 Å². The lowest BCUT2D eigenvalue weighted by molar-refractivity contribution is -0.133. The Morgan fingerprint density at radius 1 is 1.16 bits per heavy atom. The highest BCUT2D eigenvalue weighted by Gasteiger charge is 2.26. The van der Waals surface area contributed by atoms with Gasteiger partial charge in [-0.25, -0.2) is 4.79 Å². The van der Waals surface area contributed by atoms with Gasteiger partial charge in [-0.1, -0.05) is 44.0 Å². The van der Waals surface area contributed by atoms with Gasteiger partial charge in [0.05, 0.1) is 17.3 Å². The van der Waals surface area contributed by atoms with Crippen molar-refractivity contribution < 1.29 is 9.59 Å². The summed E-state index contributed by atoms with van der Waals surface area (Å²) in [4.78, 5) is 29.7. The zero-order chi connectivity index (χ0) is 23.1. The first-order valence-corrected chi connectivity index (χ1v) is 11.3. The number of benzene rings is 1. The molecule has 0 saturated carbocycles. The summed E-state index contributed by atoms with van der Waals surface area (Å²) in [6.45, 7) is 9.17. The molecule has 1 unspecified atom stereocenters. The van der Waals surface area contributed by atoms with Gasteiger partial charge in [0.25, 0.3) is 0 Å². The van der Waals surface area contributed by atoms with Gasteiger partial charge >= 0.3 is 6.03 Å². The lowest BCUT2D eigenvalue weighted by atomic mass is 10.2. The fraction of sp³-hybridized carbons (Fsp3) is 0.478. The van der Waals surface area contributed by atoms with Crippen LogP contribution in [0.3, 0.4) is 0 Å². The predicted octanol–water partition coefficient (Wildman–Crippen LogP) is 5.65. The van der Waals surface area contributed by atoms with Crippen LogP contribution in [-0.4, -0.2) is 45.4 Å². The fourth-order valence-corrected chi connectivity index (χ4v) is 3.68. The number of hydrogen-bond acceptors (Lipinski definition) is 2. The summed E-state index contributed by atoms with van der Waals surface area (Å²) in [7, 11) is 1.96. The molecule has 0 bridgehead atoms.